The highest BCUT2D eigenvalue weighted by atomic mass is 16.6. The zero-order chi connectivity index (χ0) is 17.4. The zero-order valence-corrected chi connectivity index (χ0v) is 14.7. The second-order valence-corrected chi connectivity index (χ2v) is 6.71. The van der Waals surface area contributed by atoms with Crippen LogP contribution in [0.1, 0.15) is 37.2 Å². The van der Waals surface area contributed by atoms with Gasteiger partial charge >= 0.3 is 0 Å². The van der Waals surface area contributed by atoms with Crippen LogP contribution in [0.15, 0.2) is 12.3 Å². The van der Waals surface area contributed by atoms with Gasteiger partial charge in [-0.1, -0.05) is 12.8 Å². The first-order valence-electron chi connectivity index (χ1n) is 9.10. The van der Waals surface area contributed by atoms with Crippen molar-refractivity contribution in [3.8, 4) is 0 Å². The smallest absolute Gasteiger partial charge is 0.137 e. The summed E-state index contributed by atoms with van der Waals surface area (Å²) in [5, 5.41) is 9.31. The number of aliphatic hydroxyl groups is 1. The van der Waals surface area contributed by atoms with E-state index in [0.717, 1.165) is 31.5 Å². The molecule has 2 aliphatic rings. The summed E-state index contributed by atoms with van der Waals surface area (Å²) in [6.45, 7) is 4.05. The summed E-state index contributed by atoms with van der Waals surface area (Å²) in [5.74, 6) is 0.797. The van der Waals surface area contributed by atoms with Gasteiger partial charge < -0.3 is 24.1 Å². The topological polar surface area (TPSA) is 82.9 Å². The average molecular weight is 352 g/mol. The number of nitrogens with zero attached hydrogens (tertiary/aromatic N) is 2. The van der Waals surface area contributed by atoms with Crippen LogP contribution in [-0.4, -0.2) is 67.4 Å². The van der Waals surface area contributed by atoms with Crippen LogP contribution in [0.5, 0.6) is 0 Å². The van der Waals surface area contributed by atoms with E-state index in [0.29, 0.717) is 51.9 Å². The van der Waals surface area contributed by atoms with Crippen molar-refractivity contribution in [3.05, 3.63) is 23.8 Å². The van der Waals surface area contributed by atoms with E-state index in [1.54, 1.807) is 12.3 Å². The Bertz CT molecular complexity index is 516. The normalized spacial score (nSPS) is 23.0. The lowest BCUT2D eigenvalue weighted by atomic mass is 9.86. The number of hydrogen-bond acceptors (Lipinski definition) is 7. The molecule has 1 aromatic heterocycles. The molecule has 140 valence electrons. The van der Waals surface area contributed by atoms with Crippen LogP contribution >= 0.6 is 0 Å². The second kappa shape index (κ2) is 9.54. The lowest BCUT2D eigenvalue weighted by Crippen LogP contribution is -2.33. The van der Waals surface area contributed by atoms with E-state index < -0.39 is 0 Å². The number of rotatable bonds is 9. The van der Waals surface area contributed by atoms with Gasteiger partial charge in [0.1, 0.15) is 11.9 Å². The van der Waals surface area contributed by atoms with Crippen LogP contribution < -0.4 is 0 Å². The molecule has 7 heteroatoms. The fourth-order valence-electron chi connectivity index (χ4n) is 3.46. The Morgan fingerprint density at radius 1 is 1.20 bits per heavy atom. The van der Waals surface area contributed by atoms with Crippen molar-refractivity contribution in [3.63, 3.8) is 0 Å². The Morgan fingerprint density at radius 3 is 2.80 bits per heavy atom. The summed E-state index contributed by atoms with van der Waals surface area (Å²) < 4.78 is 22.4. The highest BCUT2D eigenvalue weighted by Crippen LogP contribution is 2.39. The first kappa shape index (κ1) is 18.7. The molecule has 0 radical (unpaired) electrons. The average Bonchev–Trinajstić information content (AvgIpc) is 3.15. The number of ether oxygens (including phenoxy) is 4. The fourth-order valence-corrected chi connectivity index (χ4v) is 3.46. The summed E-state index contributed by atoms with van der Waals surface area (Å²) in [4.78, 5) is 8.97. The molecule has 1 aromatic rings. The fraction of sp³-hybridized carbons (Fsp3) is 0.778. The van der Waals surface area contributed by atoms with Gasteiger partial charge in [0, 0.05) is 6.20 Å². The zero-order valence-electron chi connectivity index (χ0n) is 14.7. The van der Waals surface area contributed by atoms with Crippen molar-refractivity contribution in [2.24, 2.45) is 0 Å². The van der Waals surface area contributed by atoms with E-state index in [-0.39, 0.29) is 18.1 Å². The van der Waals surface area contributed by atoms with Crippen molar-refractivity contribution in [1.29, 1.82) is 0 Å². The molecule has 2 fully saturated rings. The van der Waals surface area contributed by atoms with Crippen molar-refractivity contribution >= 4 is 0 Å². The highest BCUT2D eigenvalue weighted by molar-refractivity contribution is 5.14. The van der Waals surface area contributed by atoms with E-state index in [2.05, 4.69) is 9.97 Å². The second-order valence-electron chi connectivity index (χ2n) is 6.71. The van der Waals surface area contributed by atoms with Crippen LogP contribution in [0.2, 0.25) is 0 Å². The molecule has 2 heterocycles. The molecule has 3 rings (SSSR count). The predicted molar refractivity (Wildman–Crippen MR) is 90.3 cm³/mol. The molecule has 1 aliphatic carbocycles. The molecule has 0 amide bonds. The van der Waals surface area contributed by atoms with Gasteiger partial charge in [-0.15, -0.1) is 0 Å². The lowest BCUT2D eigenvalue weighted by Gasteiger charge is -2.27. The maximum atomic E-state index is 9.31. The Hall–Kier alpha value is -1.12. The van der Waals surface area contributed by atoms with Crippen LogP contribution in [0.3, 0.4) is 0 Å². The molecular formula is C18H28N2O5. The van der Waals surface area contributed by atoms with Crippen LogP contribution in [0.4, 0.5) is 0 Å². The molecule has 1 saturated heterocycles. The van der Waals surface area contributed by atoms with Gasteiger partial charge in [0.05, 0.1) is 64.0 Å². The molecule has 0 spiro atoms. The van der Waals surface area contributed by atoms with Gasteiger partial charge in [0.25, 0.3) is 0 Å². The Morgan fingerprint density at radius 2 is 2.04 bits per heavy atom. The summed E-state index contributed by atoms with van der Waals surface area (Å²) in [6.07, 6.45) is 6.12. The molecular weight excluding hydrogens is 324 g/mol. The Balaban J connectivity index is 1.42. The molecule has 0 aromatic carbocycles. The van der Waals surface area contributed by atoms with Crippen LogP contribution in [-0.2, 0) is 31.0 Å². The summed E-state index contributed by atoms with van der Waals surface area (Å²) in [6, 6.07) is 1.75. The van der Waals surface area contributed by atoms with Crippen LogP contribution in [0, 0.1) is 0 Å². The molecule has 25 heavy (non-hydrogen) atoms. The minimum atomic E-state index is -0.133. The molecule has 1 unspecified atom stereocenters. The Kier molecular flexibility index (Phi) is 7.12. The third kappa shape index (κ3) is 5.18. The van der Waals surface area contributed by atoms with E-state index in [9.17, 15) is 5.11 Å². The standard InChI is InChI=1S/C18H28N2O5/c21-11-15-3-6-19-17(20-15)18(4-1-2-5-18)14-24-8-7-22-12-16-13-23-9-10-25-16/h3,6,16,21H,1-2,4-5,7-14H2. The first-order valence-corrected chi connectivity index (χ1v) is 9.10. The predicted octanol–water partition coefficient (Wildman–Crippen LogP) is 1.23. The minimum absolute atomic E-state index is 0.0320. The maximum absolute atomic E-state index is 9.31. The third-order valence-corrected chi connectivity index (χ3v) is 4.85. The van der Waals surface area contributed by atoms with Gasteiger partial charge in [-0.05, 0) is 18.9 Å². The summed E-state index contributed by atoms with van der Waals surface area (Å²) in [7, 11) is 0. The van der Waals surface area contributed by atoms with Gasteiger partial charge in [-0.25, -0.2) is 9.97 Å². The van der Waals surface area contributed by atoms with Crippen molar-refractivity contribution < 1.29 is 24.1 Å². The SMILES string of the molecule is OCc1ccnc(C2(COCCOCC3COCCO3)CCCC2)n1. The number of hydrogen-bond donors (Lipinski definition) is 1. The van der Waals surface area contributed by atoms with E-state index in [1.165, 1.54) is 0 Å². The molecule has 7 nitrogen and oxygen atoms in total. The summed E-state index contributed by atoms with van der Waals surface area (Å²) >= 11 is 0. The molecule has 0 bridgehead atoms. The number of aliphatic hydroxyl groups excluding tert-OH is 1. The molecule has 1 atom stereocenters. The van der Waals surface area contributed by atoms with Gasteiger partial charge in [-0.2, -0.15) is 0 Å². The quantitative estimate of drug-likeness (QED) is 0.669. The number of aromatic nitrogens is 2. The van der Waals surface area contributed by atoms with Crippen molar-refractivity contribution in [2.45, 2.75) is 43.8 Å². The monoisotopic (exact) mass is 352 g/mol. The Labute approximate surface area is 148 Å². The highest BCUT2D eigenvalue weighted by Gasteiger charge is 2.38. The van der Waals surface area contributed by atoms with Crippen molar-refractivity contribution in [1.82, 2.24) is 9.97 Å². The largest absolute Gasteiger partial charge is 0.390 e. The van der Waals surface area contributed by atoms with Gasteiger partial charge in [0.2, 0.25) is 0 Å². The van der Waals surface area contributed by atoms with Gasteiger partial charge in [0.15, 0.2) is 0 Å². The van der Waals surface area contributed by atoms with Gasteiger partial charge in [-0.3, -0.25) is 0 Å². The maximum Gasteiger partial charge on any atom is 0.137 e. The van der Waals surface area contributed by atoms with E-state index >= 15 is 0 Å². The molecule has 1 N–H and O–H groups in total. The molecule has 1 saturated carbocycles. The van der Waals surface area contributed by atoms with E-state index in [1.807, 2.05) is 0 Å². The molecule has 1 aliphatic heterocycles. The van der Waals surface area contributed by atoms with Crippen LogP contribution in [0.25, 0.3) is 0 Å². The first-order chi connectivity index (χ1) is 12.3. The summed E-state index contributed by atoms with van der Waals surface area (Å²) in [5.41, 5.74) is 0.528. The lowest BCUT2D eigenvalue weighted by molar-refractivity contribution is -0.118. The van der Waals surface area contributed by atoms with Crippen molar-refractivity contribution in [2.75, 3.05) is 46.2 Å². The third-order valence-electron chi connectivity index (χ3n) is 4.85. The minimum Gasteiger partial charge on any atom is -0.390 e. The van der Waals surface area contributed by atoms with E-state index in [4.69, 9.17) is 18.9 Å².